The van der Waals surface area contributed by atoms with Gasteiger partial charge in [0.05, 0.1) is 6.04 Å². The van der Waals surface area contributed by atoms with Crippen molar-refractivity contribution < 1.29 is 12.9 Å². The van der Waals surface area contributed by atoms with Gasteiger partial charge in [-0.3, -0.25) is 0 Å². The molecule has 118 valence electrons. The van der Waals surface area contributed by atoms with E-state index in [-0.39, 0.29) is 10.9 Å². The van der Waals surface area contributed by atoms with Gasteiger partial charge in [0.1, 0.15) is 10.6 Å². The lowest BCUT2D eigenvalue weighted by molar-refractivity contribution is 0.384. The highest BCUT2D eigenvalue weighted by Crippen LogP contribution is 2.37. The molecule has 3 rings (SSSR count). The van der Waals surface area contributed by atoms with Crippen molar-refractivity contribution in [1.82, 2.24) is 9.46 Å². The summed E-state index contributed by atoms with van der Waals surface area (Å²) in [4.78, 5) is 0.214. The summed E-state index contributed by atoms with van der Waals surface area (Å²) < 4.78 is 32.7. The fourth-order valence-electron chi connectivity index (χ4n) is 3.11. The number of aromatic nitrogens is 1. The molecule has 6 heteroatoms. The summed E-state index contributed by atoms with van der Waals surface area (Å²) in [6, 6.07) is 7.96. The van der Waals surface area contributed by atoms with Crippen molar-refractivity contribution in [1.29, 1.82) is 0 Å². The van der Waals surface area contributed by atoms with Crippen molar-refractivity contribution in [3.8, 4) is 0 Å². The molecule has 2 heterocycles. The topological polar surface area (TPSA) is 63.4 Å². The Morgan fingerprint density at radius 2 is 1.86 bits per heavy atom. The van der Waals surface area contributed by atoms with Crippen LogP contribution in [0.15, 0.2) is 33.7 Å². The summed E-state index contributed by atoms with van der Waals surface area (Å²) in [5.41, 5.74) is 2.63. The molecular weight excluding hydrogens is 300 g/mol. The van der Waals surface area contributed by atoms with E-state index < -0.39 is 10.0 Å². The second kappa shape index (κ2) is 5.52. The third-order valence-electron chi connectivity index (χ3n) is 4.20. The van der Waals surface area contributed by atoms with Gasteiger partial charge < -0.3 is 4.52 Å². The fraction of sp³-hybridized carbons (Fsp3) is 0.438. The number of hydrogen-bond donors (Lipinski definition) is 0. The lowest BCUT2D eigenvalue weighted by atomic mass is 10.0. The van der Waals surface area contributed by atoms with Crippen LogP contribution in [0.25, 0.3) is 0 Å². The highest BCUT2D eigenvalue weighted by Gasteiger charge is 2.39. The maximum atomic E-state index is 13.0. The summed E-state index contributed by atoms with van der Waals surface area (Å²) in [5.74, 6) is 0.354. The molecule has 1 aliphatic heterocycles. The Kier molecular flexibility index (Phi) is 3.82. The molecule has 1 atom stereocenters. The normalized spacial score (nSPS) is 19.7. The van der Waals surface area contributed by atoms with Crippen molar-refractivity contribution in [3.63, 3.8) is 0 Å². The third-order valence-corrected chi connectivity index (χ3v) is 6.35. The molecule has 1 aromatic carbocycles. The molecule has 5 nitrogen and oxygen atoms in total. The molecule has 0 spiro atoms. The van der Waals surface area contributed by atoms with Crippen LogP contribution < -0.4 is 0 Å². The standard InChI is InChI=1S/C16H20N2O3S/c1-11-6-8-14(9-7-11)15-5-4-10-18(15)22(19,20)16-12(2)17-21-13(16)3/h6-9,15H,4-5,10H2,1-3H3/t15-/m0/s1. The Hall–Kier alpha value is -1.66. The first kappa shape index (κ1) is 15.2. The van der Waals surface area contributed by atoms with Gasteiger partial charge in [0.25, 0.3) is 0 Å². The van der Waals surface area contributed by atoms with Gasteiger partial charge >= 0.3 is 0 Å². The van der Waals surface area contributed by atoms with Gasteiger partial charge in [0.15, 0.2) is 5.76 Å². The molecule has 22 heavy (non-hydrogen) atoms. The molecule has 0 N–H and O–H groups in total. The highest BCUT2D eigenvalue weighted by atomic mass is 32.2. The molecule has 1 aliphatic rings. The van der Waals surface area contributed by atoms with Crippen molar-refractivity contribution in [2.45, 2.75) is 44.6 Å². The Bertz CT molecular complexity index is 759. The van der Waals surface area contributed by atoms with Crippen LogP contribution in [0.4, 0.5) is 0 Å². The first-order chi connectivity index (χ1) is 10.4. The minimum atomic E-state index is -3.59. The van der Waals surface area contributed by atoms with Crippen molar-refractivity contribution in [2.75, 3.05) is 6.54 Å². The van der Waals surface area contributed by atoms with E-state index in [1.807, 2.05) is 31.2 Å². The summed E-state index contributed by atoms with van der Waals surface area (Å²) in [6.07, 6.45) is 1.70. The molecule has 0 aliphatic carbocycles. The highest BCUT2D eigenvalue weighted by molar-refractivity contribution is 7.89. The molecule has 0 radical (unpaired) electrons. The molecule has 1 saturated heterocycles. The predicted molar refractivity (Wildman–Crippen MR) is 83.0 cm³/mol. The Morgan fingerprint density at radius 3 is 2.45 bits per heavy atom. The van der Waals surface area contributed by atoms with Crippen LogP contribution in [-0.4, -0.2) is 24.4 Å². The largest absolute Gasteiger partial charge is 0.360 e. The Morgan fingerprint density at radius 1 is 1.18 bits per heavy atom. The van der Waals surface area contributed by atoms with E-state index in [1.165, 1.54) is 5.56 Å². The zero-order valence-electron chi connectivity index (χ0n) is 13.0. The van der Waals surface area contributed by atoms with E-state index in [4.69, 9.17) is 4.52 Å². The Balaban J connectivity index is 2.01. The minimum Gasteiger partial charge on any atom is -0.360 e. The van der Waals surface area contributed by atoms with E-state index in [0.717, 1.165) is 18.4 Å². The quantitative estimate of drug-likeness (QED) is 0.871. The second-order valence-electron chi connectivity index (χ2n) is 5.84. The van der Waals surface area contributed by atoms with Crippen LogP contribution in [0.3, 0.4) is 0 Å². The maximum absolute atomic E-state index is 13.0. The van der Waals surface area contributed by atoms with E-state index in [1.54, 1.807) is 18.2 Å². The molecule has 1 aromatic heterocycles. The van der Waals surface area contributed by atoms with E-state index in [2.05, 4.69) is 5.16 Å². The van der Waals surface area contributed by atoms with Gasteiger partial charge in [-0.25, -0.2) is 8.42 Å². The molecule has 2 aromatic rings. The second-order valence-corrected chi connectivity index (χ2v) is 7.67. The number of hydrogen-bond acceptors (Lipinski definition) is 4. The van der Waals surface area contributed by atoms with Crippen LogP contribution in [0.2, 0.25) is 0 Å². The van der Waals surface area contributed by atoms with Crippen molar-refractivity contribution in [3.05, 3.63) is 46.8 Å². The Labute approximate surface area is 131 Å². The van der Waals surface area contributed by atoms with Crippen LogP contribution in [0.1, 0.15) is 41.5 Å². The smallest absolute Gasteiger partial charge is 0.249 e. The summed E-state index contributed by atoms with van der Waals surface area (Å²) in [7, 11) is -3.59. The number of nitrogens with zero attached hydrogens (tertiary/aromatic N) is 2. The van der Waals surface area contributed by atoms with Gasteiger partial charge in [-0.15, -0.1) is 0 Å². The summed E-state index contributed by atoms with van der Waals surface area (Å²) in [5, 5.41) is 3.78. The van der Waals surface area contributed by atoms with Crippen LogP contribution in [0.5, 0.6) is 0 Å². The number of benzene rings is 1. The monoisotopic (exact) mass is 320 g/mol. The van der Waals surface area contributed by atoms with Crippen LogP contribution >= 0.6 is 0 Å². The SMILES string of the molecule is Cc1ccc([C@@H]2CCCN2S(=O)(=O)c2c(C)noc2C)cc1. The summed E-state index contributed by atoms with van der Waals surface area (Å²) >= 11 is 0. The van der Waals surface area contributed by atoms with Crippen molar-refractivity contribution >= 4 is 10.0 Å². The fourth-order valence-corrected chi connectivity index (χ4v) is 5.09. The average molecular weight is 320 g/mol. The molecule has 0 amide bonds. The van der Waals surface area contributed by atoms with Gasteiger partial charge in [-0.05, 0) is 39.2 Å². The van der Waals surface area contributed by atoms with E-state index in [0.29, 0.717) is 18.0 Å². The van der Waals surface area contributed by atoms with E-state index >= 15 is 0 Å². The molecule has 0 bridgehead atoms. The first-order valence-electron chi connectivity index (χ1n) is 7.42. The van der Waals surface area contributed by atoms with Gasteiger partial charge in [-0.2, -0.15) is 4.31 Å². The zero-order chi connectivity index (χ0) is 15.9. The molecular formula is C16H20N2O3S. The lowest BCUT2D eigenvalue weighted by Crippen LogP contribution is -2.31. The van der Waals surface area contributed by atoms with Crippen molar-refractivity contribution in [2.24, 2.45) is 0 Å². The van der Waals surface area contributed by atoms with Crippen LogP contribution in [0, 0.1) is 20.8 Å². The molecule has 0 saturated carbocycles. The third kappa shape index (κ3) is 2.46. The van der Waals surface area contributed by atoms with Gasteiger partial charge in [0.2, 0.25) is 10.0 Å². The number of rotatable bonds is 3. The lowest BCUT2D eigenvalue weighted by Gasteiger charge is -2.24. The first-order valence-corrected chi connectivity index (χ1v) is 8.86. The molecule has 0 unspecified atom stereocenters. The minimum absolute atomic E-state index is 0.112. The van der Waals surface area contributed by atoms with Gasteiger partial charge in [0, 0.05) is 6.54 Å². The van der Waals surface area contributed by atoms with E-state index in [9.17, 15) is 8.42 Å². The number of aryl methyl sites for hydroxylation is 3. The van der Waals surface area contributed by atoms with Crippen LogP contribution in [-0.2, 0) is 10.0 Å². The summed E-state index contributed by atoms with van der Waals surface area (Å²) in [6.45, 7) is 5.87. The average Bonchev–Trinajstić information content (AvgIpc) is 3.07. The van der Waals surface area contributed by atoms with Gasteiger partial charge in [-0.1, -0.05) is 35.0 Å². The number of sulfonamides is 1. The molecule has 1 fully saturated rings. The zero-order valence-corrected chi connectivity index (χ0v) is 13.9. The predicted octanol–water partition coefficient (Wildman–Crippen LogP) is 3.13. The maximum Gasteiger partial charge on any atom is 0.249 e.